The van der Waals surface area contributed by atoms with Crippen molar-refractivity contribution in [3.8, 4) is 0 Å². The predicted octanol–water partition coefficient (Wildman–Crippen LogP) is 4.32. The van der Waals surface area contributed by atoms with Gasteiger partial charge >= 0.3 is 0 Å². The van der Waals surface area contributed by atoms with E-state index in [1.54, 1.807) is 12.1 Å². The summed E-state index contributed by atoms with van der Waals surface area (Å²) in [4.78, 5) is 20.3. The molecule has 0 bridgehead atoms. The Morgan fingerprint density at radius 2 is 1.81 bits per heavy atom. The Kier molecular flexibility index (Phi) is 5.93. The molecule has 2 aromatic carbocycles. The van der Waals surface area contributed by atoms with E-state index in [2.05, 4.69) is 20.6 Å². The highest BCUT2D eigenvalue weighted by Gasteiger charge is 2.10. The highest BCUT2D eigenvalue weighted by Crippen LogP contribution is 2.19. The van der Waals surface area contributed by atoms with Crippen LogP contribution in [0.15, 0.2) is 54.9 Å². The lowest BCUT2D eigenvalue weighted by atomic mass is 10.1. The molecule has 0 saturated heterocycles. The summed E-state index contributed by atoms with van der Waals surface area (Å²) in [6.07, 6.45) is 3.47. The van der Waals surface area contributed by atoms with E-state index in [4.69, 9.17) is 11.6 Å². The fourth-order valence-corrected chi connectivity index (χ4v) is 2.47. The molecule has 138 valence electrons. The van der Waals surface area contributed by atoms with Gasteiger partial charge in [-0.05, 0) is 42.3 Å². The Hall–Kier alpha value is -3.06. The molecule has 3 rings (SSSR count). The van der Waals surface area contributed by atoms with Crippen LogP contribution in [-0.2, 0) is 6.42 Å². The number of anilines is 2. The normalized spacial score (nSPS) is 10.5. The van der Waals surface area contributed by atoms with Gasteiger partial charge in [-0.2, -0.15) is 0 Å². The molecule has 0 atom stereocenters. The van der Waals surface area contributed by atoms with Crippen LogP contribution in [0.25, 0.3) is 0 Å². The van der Waals surface area contributed by atoms with Crippen LogP contribution in [-0.4, -0.2) is 22.4 Å². The second-order valence-electron chi connectivity index (χ2n) is 5.67. The fraction of sp³-hybridized carbons (Fsp3) is 0.105. The van der Waals surface area contributed by atoms with Gasteiger partial charge in [0.05, 0.1) is 17.4 Å². The molecular formula is C19H15ClF2N4O. The number of hydrogen-bond donors (Lipinski definition) is 2. The summed E-state index contributed by atoms with van der Waals surface area (Å²) in [6.45, 7) is 0.583. The van der Waals surface area contributed by atoms with Gasteiger partial charge in [-0.1, -0.05) is 23.7 Å². The Labute approximate surface area is 159 Å². The quantitative estimate of drug-likeness (QED) is 0.660. The molecule has 0 spiro atoms. The van der Waals surface area contributed by atoms with Gasteiger partial charge in [0.2, 0.25) is 0 Å². The van der Waals surface area contributed by atoms with Gasteiger partial charge < -0.3 is 10.6 Å². The molecule has 1 heterocycles. The molecule has 0 saturated carbocycles. The van der Waals surface area contributed by atoms with E-state index >= 15 is 0 Å². The van der Waals surface area contributed by atoms with Crippen LogP contribution in [0, 0.1) is 11.6 Å². The summed E-state index contributed by atoms with van der Waals surface area (Å²) in [5.74, 6) is -0.804. The summed E-state index contributed by atoms with van der Waals surface area (Å²) in [6, 6.07) is 10.1. The monoisotopic (exact) mass is 388 g/mol. The zero-order valence-corrected chi connectivity index (χ0v) is 14.8. The molecule has 1 aromatic heterocycles. The van der Waals surface area contributed by atoms with Gasteiger partial charge in [-0.15, -0.1) is 0 Å². The molecule has 5 nitrogen and oxygen atoms in total. The summed E-state index contributed by atoms with van der Waals surface area (Å²) < 4.78 is 26.0. The van der Waals surface area contributed by atoms with Crippen molar-refractivity contribution in [2.45, 2.75) is 6.42 Å². The lowest BCUT2D eigenvalue weighted by molar-refractivity contribution is 0.102. The molecule has 0 aliphatic carbocycles. The number of carbonyl (C=O) groups is 1. The van der Waals surface area contributed by atoms with Gasteiger partial charge in [-0.25, -0.2) is 18.7 Å². The van der Waals surface area contributed by atoms with Crippen LogP contribution >= 0.6 is 11.6 Å². The number of rotatable bonds is 6. The fourth-order valence-electron chi connectivity index (χ4n) is 2.29. The molecule has 1 amide bonds. The average molecular weight is 389 g/mol. The number of aromatic nitrogens is 2. The van der Waals surface area contributed by atoms with E-state index in [9.17, 15) is 13.6 Å². The van der Waals surface area contributed by atoms with Crippen molar-refractivity contribution < 1.29 is 13.6 Å². The van der Waals surface area contributed by atoms with Crippen molar-refractivity contribution in [3.63, 3.8) is 0 Å². The number of halogens is 3. The second-order valence-corrected chi connectivity index (χ2v) is 6.08. The average Bonchev–Trinajstić information content (AvgIpc) is 2.67. The lowest BCUT2D eigenvalue weighted by Gasteiger charge is -2.07. The minimum absolute atomic E-state index is 0.0837. The van der Waals surface area contributed by atoms with E-state index in [-0.39, 0.29) is 16.5 Å². The first-order chi connectivity index (χ1) is 13.0. The van der Waals surface area contributed by atoms with Crippen molar-refractivity contribution in [2.24, 2.45) is 0 Å². The third-order valence-electron chi connectivity index (χ3n) is 3.70. The van der Waals surface area contributed by atoms with E-state index < -0.39 is 11.7 Å². The maximum atomic E-state index is 13.1. The number of nitrogens with zero attached hydrogens (tertiary/aromatic N) is 2. The van der Waals surface area contributed by atoms with Crippen LogP contribution in [0.3, 0.4) is 0 Å². The Balaban J connectivity index is 1.53. The maximum absolute atomic E-state index is 13.1. The van der Waals surface area contributed by atoms with Gasteiger partial charge in [0.15, 0.2) is 0 Å². The van der Waals surface area contributed by atoms with Crippen molar-refractivity contribution in [1.82, 2.24) is 9.97 Å². The molecule has 0 aliphatic heterocycles. The zero-order valence-electron chi connectivity index (χ0n) is 14.0. The predicted molar refractivity (Wildman–Crippen MR) is 100.0 cm³/mol. The first kappa shape index (κ1) is 18.7. The number of nitrogens with one attached hydrogen (secondary N) is 2. The minimum Gasteiger partial charge on any atom is -0.368 e. The van der Waals surface area contributed by atoms with E-state index in [0.717, 1.165) is 11.6 Å². The van der Waals surface area contributed by atoms with Crippen LogP contribution in [0.5, 0.6) is 0 Å². The Morgan fingerprint density at radius 1 is 1.04 bits per heavy atom. The molecule has 0 unspecified atom stereocenters. The second kappa shape index (κ2) is 8.55. The van der Waals surface area contributed by atoms with E-state index in [1.807, 2.05) is 0 Å². The maximum Gasteiger partial charge on any atom is 0.275 e. The Bertz CT molecular complexity index is 933. The molecule has 0 radical (unpaired) electrons. The largest absolute Gasteiger partial charge is 0.368 e. The summed E-state index contributed by atoms with van der Waals surface area (Å²) in [7, 11) is 0. The van der Waals surface area contributed by atoms with Gasteiger partial charge in [-0.3, -0.25) is 4.79 Å². The van der Waals surface area contributed by atoms with Crippen molar-refractivity contribution in [2.75, 3.05) is 17.2 Å². The number of amides is 1. The molecule has 0 fully saturated rings. The SMILES string of the molecule is O=C(Nc1ccc(F)c(Cl)c1)c1cnc(NCCc2ccc(F)cc2)cn1. The van der Waals surface area contributed by atoms with Gasteiger partial charge in [0.1, 0.15) is 23.1 Å². The molecule has 2 N–H and O–H groups in total. The molecule has 8 heteroatoms. The summed E-state index contributed by atoms with van der Waals surface area (Å²) in [5, 5.41) is 5.57. The van der Waals surface area contributed by atoms with Gasteiger partial charge in [0, 0.05) is 12.2 Å². The Morgan fingerprint density at radius 3 is 2.48 bits per heavy atom. The number of hydrogen-bond acceptors (Lipinski definition) is 4. The van der Waals surface area contributed by atoms with Crippen molar-refractivity contribution in [3.05, 3.63) is 82.8 Å². The molecule has 27 heavy (non-hydrogen) atoms. The van der Waals surface area contributed by atoms with Crippen molar-refractivity contribution >= 4 is 29.0 Å². The zero-order chi connectivity index (χ0) is 19.2. The topological polar surface area (TPSA) is 66.9 Å². The first-order valence-electron chi connectivity index (χ1n) is 8.08. The summed E-state index contributed by atoms with van der Waals surface area (Å²) >= 11 is 5.68. The standard InChI is InChI=1S/C19H15ClF2N4O/c20-15-9-14(5-6-16(15)22)26-19(27)17-10-25-18(11-24-17)23-8-7-12-1-3-13(21)4-2-12/h1-6,9-11H,7-8H2,(H,23,25)(H,26,27). The van der Waals surface area contributed by atoms with Crippen LogP contribution in [0.1, 0.15) is 16.1 Å². The minimum atomic E-state index is -0.564. The molecular weight excluding hydrogens is 374 g/mol. The highest BCUT2D eigenvalue weighted by molar-refractivity contribution is 6.31. The van der Waals surface area contributed by atoms with Crippen LogP contribution in [0.4, 0.5) is 20.3 Å². The van der Waals surface area contributed by atoms with Crippen molar-refractivity contribution in [1.29, 1.82) is 0 Å². The molecule has 3 aromatic rings. The third-order valence-corrected chi connectivity index (χ3v) is 3.98. The van der Waals surface area contributed by atoms with Crippen LogP contribution < -0.4 is 10.6 Å². The molecule has 0 aliphatic rings. The van der Waals surface area contributed by atoms with E-state index in [1.165, 1.54) is 36.7 Å². The van der Waals surface area contributed by atoms with Gasteiger partial charge in [0.25, 0.3) is 5.91 Å². The first-order valence-corrected chi connectivity index (χ1v) is 8.46. The summed E-state index contributed by atoms with van der Waals surface area (Å²) in [5.41, 5.74) is 1.46. The third kappa shape index (κ3) is 5.21. The number of benzene rings is 2. The highest BCUT2D eigenvalue weighted by atomic mass is 35.5. The lowest BCUT2D eigenvalue weighted by Crippen LogP contribution is -2.15. The van der Waals surface area contributed by atoms with E-state index in [0.29, 0.717) is 24.5 Å². The van der Waals surface area contributed by atoms with Crippen LogP contribution in [0.2, 0.25) is 5.02 Å². The smallest absolute Gasteiger partial charge is 0.275 e. The number of carbonyl (C=O) groups excluding carboxylic acids is 1.